The molecule has 2 heterocycles. The van der Waals surface area contributed by atoms with E-state index >= 15 is 8.78 Å². The van der Waals surface area contributed by atoms with Crippen LogP contribution in [-0.4, -0.2) is 39.2 Å². The number of nitrogens with one attached hydrogen (secondary N) is 2. The van der Waals surface area contributed by atoms with Crippen LogP contribution in [0.25, 0.3) is 16.9 Å². The maximum absolute atomic E-state index is 15.1. The van der Waals surface area contributed by atoms with Gasteiger partial charge in [-0.2, -0.15) is 19.6 Å². The molecule has 0 aliphatic carbocycles. The van der Waals surface area contributed by atoms with Crippen LogP contribution in [0, 0.1) is 28.9 Å². The van der Waals surface area contributed by atoms with Gasteiger partial charge in [0.05, 0.1) is 17.7 Å². The normalized spacial score (nSPS) is 12.1. The van der Waals surface area contributed by atoms with Crippen LogP contribution in [-0.2, 0) is 0 Å². The van der Waals surface area contributed by atoms with E-state index in [4.69, 9.17) is 11.6 Å². The van der Waals surface area contributed by atoms with Crippen molar-refractivity contribution < 1.29 is 8.78 Å². The highest BCUT2D eigenvalue weighted by Crippen LogP contribution is 2.38. The quantitative estimate of drug-likeness (QED) is 0.433. The van der Waals surface area contributed by atoms with E-state index in [1.807, 2.05) is 27.7 Å². The Morgan fingerprint density at radius 3 is 2.42 bits per heavy atom. The minimum atomic E-state index is -0.793. The third kappa shape index (κ3) is 5.24. The Morgan fingerprint density at radius 2 is 1.84 bits per heavy atom. The molecule has 0 amide bonds. The van der Waals surface area contributed by atoms with Gasteiger partial charge in [0, 0.05) is 11.6 Å². The molecule has 0 saturated heterocycles. The Bertz CT molecular complexity index is 1120. The second kappa shape index (κ2) is 9.77. The summed E-state index contributed by atoms with van der Waals surface area (Å²) in [5, 5.41) is 10.2. The van der Waals surface area contributed by atoms with Crippen LogP contribution < -0.4 is 10.6 Å². The summed E-state index contributed by atoms with van der Waals surface area (Å²) < 4.78 is 31.6. The number of fused-ring (bicyclic) bond motifs is 1. The van der Waals surface area contributed by atoms with Gasteiger partial charge in [0.2, 0.25) is 0 Å². The van der Waals surface area contributed by atoms with Crippen molar-refractivity contribution in [2.45, 2.75) is 33.7 Å². The lowest BCUT2D eigenvalue weighted by Gasteiger charge is -2.30. The summed E-state index contributed by atoms with van der Waals surface area (Å²) in [6, 6.07) is 2.28. The van der Waals surface area contributed by atoms with Crippen molar-refractivity contribution >= 4 is 35.6 Å². The van der Waals surface area contributed by atoms with Gasteiger partial charge in [0.15, 0.2) is 0 Å². The fraction of sp³-hybridized carbons (Fsp3) is 0.381. The summed E-state index contributed by atoms with van der Waals surface area (Å²) in [7, 11) is 1.74. The van der Waals surface area contributed by atoms with Crippen LogP contribution in [0.2, 0.25) is 5.15 Å². The number of rotatable bonds is 4. The van der Waals surface area contributed by atoms with E-state index in [0.717, 1.165) is 0 Å². The largest absolute Gasteiger partial charge is 0.366 e. The molecule has 166 valence electrons. The first-order valence-corrected chi connectivity index (χ1v) is 9.80. The number of nitrogens with zero attached hydrogens (tertiary/aromatic N) is 4. The van der Waals surface area contributed by atoms with Gasteiger partial charge in [-0.15, -0.1) is 12.4 Å². The summed E-state index contributed by atoms with van der Waals surface area (Å²) in [6.07, 6.45) is 1.31. The standard InChI is InChI=1S/C21H23ClF2N6.ClH/c1-12(21(2,3)4)28-19-17(18(22)29-20-26-11-27-30(19)20)16-14(23)9-13(10-15(16)24)7-6-8-25-5;/h9-12,25,28H,8H2,1-5H3;1H/t12-;/m1./s1. The van der Waals surface area contributed by atoms with Crippen LogP contribution in [0.1, 0.15) is 33.3 Å². The molecule has 2 aromatic heterocycles. The third-order valence-electron chi connectivity index (χ3n) is 4.83. The summed E-state index contributed by atoms with van der Waals surface area (Å²) in [5.41, 5.74) is -0.139. The van der Waals surface area contributed by atoms with Crippen molar-refractivity contribution in [2.75, 3.05) is 18.9 Å². The first-order valence-electron chi connectivity index (χ1n) is 9.42. The molecule has 0 aliphatic rings. The zero-order valence-electron chi connectivity index (χ0n) is 17.8. The molecule has 0 aliphatic heterocycles. The monoisotopic (exact) mass is 468 g/mol. The van der Waals surface area contributed by atoms with Crippen molar-refractivity contribution in [1.82, 2.24) is 24.9 Å². The van der Waals surface area contributed by atoms with Gasteiger partial charge in [0.25, 0.3) is 5.78 Å². The number of halogens is 4. The first-order chi connectivity index (χ1) is 14.1. The molecule has 0 unspecified atom stereocenters. The predicted molar refractivity (Wildman–Crippen MR) is 122 cm³/mol. The summed E-state index contributed by atoms with van der Waals surface area (Å²) in [5.74, 6) is 4.47. The van der Waals surface area contributed by atoms with E-state index in [0.29, 0.717) is 12.4 Å². The molecule has 3 rings (SSSR count). The van der Waals surface area contributed by atoms with E-state index in [2.05, 4.69) is 37.5 Å². The van der Waals surface area contributed by atoms with Crippen LogP contribution in [0.3, 0.4) is 0 Å². The lowest BCUT2D eigenvalue weighted by atomic mass is 9.88. The van der Waals surface area contributed by atoms with Gasteiger partial charge in [-0.25, -0.2) is 8.78 Å². The van der Waals surface area contributed by atoms with E-state index in [1.54, 1.807) is 7.05 Å². The zero-order chi connectivity index (χ0) is 22.1. The number of benzene rings is 1. The number of hydrogen-bond donors (Lipinski definition) is 2. The van der Waals surface area contributed by atoms with Gasteiger partial charge >= 0.3 is 0 Å². The molecule has 0 spiro atoms. The SMILES string of the molecule is CNCC#Cc1cc(F)c(-c2c(Cl)nc3ncnn3c2N[C@H](C)C(C)(C)C)c(F)c1.Cl. The summed E-state index contributed by atoms with van der Waals surface area (Å²) in [6.45, 7) is 8.51. The first kappa shape index (κ1) is 24.8. The molecule has 6 nitrogen and oxygen atoms in total. The second-order valence-corrected chi connectivity index (χ2v) is 8.34. The smallest absolute Gasteiger partial charge is 0.255 e. The molecule has 2 N–H and O–H groups in total. The Labute approximate surface area is 191 Å². The van der Waals surface area contributed by atoms with Gasteiger partial charge in [-0.05, 0) is 31.5 Å². The Balaban J connectivity index is 0.00000341. The topological polar surface area (TPSA) is 67.1 Å². The fourth-order valence-electron chi connectivity index (χ4n) is 2.71. The van der Waals surface area contributed by atoms with E-state index < -0.39 is 11.6 Å². The molecular weight excluding hydrogens is 445 g/mol. The van der Waals surface area contributed by atoms with Gasteiger partial charge in [0.1, 0.15) is 28.9 Å². The van der Waals surface area contributed by atoms with Crippen molar-refractivity contribution in [3.63, 3.8) is 0 Å². The molecule has 0 bridgehead atoms. The van der Waals surface area contributed by atoms with Gasteiger partial charge < -0.3 is 10.6 Å². The molecule has 0 radical (unpaired) electrons. The van der Waals surface area contributed by atoms with E-state index in [9.17, 15) is 0 Å². The molecule has 1 atom stereocenters. The highest BCUT2D eigenvalue weighted by molar-refractivity contribution is 6.33. The minimum Gasteiger partial charge on any atom is -0.366 e. The van der Waals surface area contributed by atoms with Crippen LogP contribution >= 0.6 is 24.0 Å². The molecule has 0 fully saturated rings. The van der Waals surface area contributed by atoms with Gasteiger partial charge in [-0.1, -0.05) is 44.2 Å². The number of anilines is 1. The Morgan fingerprint density at radius 1 is 1.19 bits per heavy atom. The average Bonchev–Trinajstić information content (AvgIpc) is 3.10. The van der Waals surface area contributed by atoms with Crippen LogP contribution in [0.4, 0.5) is 14.6 Å². The Kier molecular flexibility index (Phi) is 7.82. The highest BCUT2D eigenvalue weighted by Gasteiger charge is 2.27. The predicted octanol–water partition coefficient (Wildman–Crippen LogP) is 4.56. The molecular formula is C21H24Cl2F2N6. The average molecular weight is 469 g/mol. The molecule has 10 heteroatoms. The van der Waals surface area contributed by atoms with Crippen LogP contribution in [0.15, 0.2) is 18.5 Å². The maximum Gasteiger partial charge on any atom is 0.255 e. The van der Waals surface area contributed by atoms with Crippen molar-refractivity contribution in [1.29, 1.82) is 0 Å². The van der Waals surface area contributed by atoms with Crippen LogP contribution in [0.5, 0.6) is 0 Å². The third-order valence-corrected chi connectivity index (χ3v) is 5.10. The van der Waals surface area contributed by atoms with Crippen molar-refractivity contribution in [3.8, 4) is 23.0 Å². The van der Waals surface area contributed by atoms with Crippen molar-refractivity contribution in [2.24, 2.45) is 5.41 Å². The van der Waals surface area contributed by atoms with Crippen molar-refractivity contribution in [3.05, 3.63) is 40.8 Å². The molecule has 31 heavy (non-hydrogen) atoms. The lowest BCUT2D eigenvalue weighted by molar-refractivity contribution is 0.358. The molecule has 1 aromatic carbocycles. The zero-order valence-corrected chi connectivity index (χ0v) is 19.4. The number of hydrogen-bond acceptors (Lipinski definition) is 5. The Hall–Kier alpha value is -2.47. The highest BCUT2D eigenvalue weighted by atomic mass is 35.5. The van der Waals surface area contributed by atoms with E-state index in [-0.39, 0.29) is 51.5 Å². The molecule has 3 aromatic rings. The minimum absolute atomic E-state index is 0. The van der Waals surface area contributed by atoms with E-state index in [1.165, 1.54) is 23.0 Å². The maximum atomic E-state index is 15.1. The number of aromatic nitrogens is 4. The lowest BCUT2D eigenvalue weighted by Crippen LogP contribution is -2.32. The second-order valence-electron chi connectivity index (χ2n) is 7.98. The summed E-state index contributed by atoms with van der Waals surface area (Å²) in [4.78, 5) is 8.20. The fourth-order valence-corrected chi connectivity index (χ4v) is 2.97. The van der Waals surface area contributed by atoms with Gasteiger partial charge in [-0.3, -0.25) is 0 Å². The molecule has 0 saturated carbocycles. The summed E-state index contributed by atoms with van der Waals surface area (Å²) >= 11 is 6.38.